The highest BCUT2D eigenvalue weighted by molar-refractivity contribution is 14.1. The highest BCUT2D eigenvalue weighted by Crippen LogP contribution is 2.31. The van der Waals surface area contributed by atoms with Gasteiger partial charge in [0.2, 0.25) is 0 Å². The number of halogens is 1. The topological polar surface area (TPSA) is 37.8 Å². The van der Waals surface area contributed by atoms with E-state index in [-0.39, 0.29) is 0 Å². The molecule has 1 aromatic rings. The van der Waals surface area contributed by atoms with Gasteiger partial charge >= 0.3 is 0 Å². The number of rotatable bonds is 3. The van der Waals surface area contributed by atoms with Gasteiger partial charge in [-0.3, -0.25) is 0 Å². The Labute approximate surface area is 130 Å². The maximum absolute atomic E-state index is 4.84. The third-order valence-corrected chi connectivity index (χ3v) is 5.11. The standard InChI is InChI=1S/C15H24IN3/c1-3-12-13(16)15(17-2)19-14(18-12)11-9-7-5-4-6-8-10-11/h11H,3-10H2,1-2H3,(H,17,18,19). The van der Waals surface area contributed by atoms with Crippen molar-refractivity contribution in [2.75, 3.05) is 12.4 Å². The lowest BCUT2D eigenvalue weighted by Crippen LogP contribution is -2.12. The average Bonchev–Trinajstić information content (AvgIpc) is 2.39. The molecule has 3 nitrogen and oxygen atoms in total. The Bertz CT molecular complexity index is 387. The van der Waals surface area contributed by atoms with Crippen molar-refractivity contribution in [3.05, 3.63) is 15.1 Å². The summed E-state index contributed by atoms with van der Waals surface area (Å²) in [5.41, 5.74) is 1.19. The van der Waals surface area contributed by atoms with Crippen LogP contribution in [0, 0.1) is 3.57 Å². The van der Waals surface area contributed by atoms with Crippen LogP contribution in [0.25, 0.3) is 0 Å². The van der Waals surface area contributed by atoms with Crippen molar-refractivity contribution in [1.29, 1.82) is 0 Å². The van der Waals surface area contributed by atoms with Crippen molar-refractivity contribution in [2.45, 2.75) is 64.2 Å². The second-order valence-electron chi connectivity index (χ2n) is 5.34. The molecule has 0 aromatic carbocycles. The first kappa shape index (κ1) is 15.0. The highest BCUT2D eigenvalue weighted by atomic mass is 127. The summed E-state index contributed by atoms with van der Waals surface area (Å²) < 4.78 is 1.18. The van der Waals surface area contributed by atoms with Crippen LogP contribution in [-0.4, -0.2) is 17.0 Å². The molecule has 1 aliphatic rings. The number of nitrogens with one attached hydrogen (secondary N) is 1. The molecule has 0 aliphatic heterocycles. The first-order valence-corrected chi connectivity index (χ1v) is 8.58. The Hall–Kier alpha value is -0.390. The van der Waals surface area contributed by atoms with Gasteiger partial charge in [0.25, 0.3) is 0 Å². The Morgan fingerprint density at radius 3 is 2.32 bits per heavy atom. The van der Waals surface area contributed by atoms with Crippen LogP contribution in [0.4, 0.5) is 5.82 Å². The van der Waals surface area contributed by atoms with Gasteiger partial charge in [0.05, 0.1) is 9.26 Å². The summed E-state index contributed by atoms with van der Waals surface area (Å²) in [5, 5.41) is 3.22. The molecule has 0 amide bonds. The van der Waals surface area contributed by atoms with Crippen LogP contribution < -0.4 is 5.32 Å². The van der Waals surface area contributed by atoms with Crippen molar-refractivity contribution in [3.8, 4) is 0 Å². The van der Waals surface area contributed by atoms with Gasteiger partial charge in [-0.1, -0.05) is 39.0 Å². The molecule has 2 rings (SSSR count). The first-order valence-electron chi connectivity index (χ1n) is 7.50. The number of hydrogen-bond acceptors (Lipinski definition) is 3. The third-order valence-electron chi connectivity index (χ3n) is 3.98. The molecule has 0 atom stereocenters. The maximum Gasteiger partial charge on any atom is 0.143 e. The molecular weight excluding hydrogens is 349 g/mol. The molecule has 4 heteroatoms. The highest BCUT2D eigenvalue weighted by Gasteiger charge is 2.19. The fourth-order valence-corrected chi connectivity index (χ4v) is 3.70. The second kappa shape index (κ2) is 7.41. The SMILES string of the molecule is CCc1nc(C2CCCCCCC2)nc(NC)c1I. The van der Waals surface area contributed by atoms with Gasteiger partial charge in [-0.05, 0) is 41.9 Å². The normalized spacial score (nSPS) is 17.8. The summed E-state index contributed by atoms with van der Waals surface area (Å²) in [7, 11) is 1.95. The van der Waals surface area contributed by atoms with E-state index >= 15 is 0 Å². The molecule has 19 heavy (non-hydrogen) atoms. The minimum Gasteiger partial charge on any atom is -0.372 e. The van der Waals surface area contributed by atoms with Gasteiger partial charge in [0, 0.05) is 13.0 Å². The van der Waals surface area contributed by atoms with Gasteiger partial charge < -0.3 is 5.32 Å². The summed E-state index contributed by atoms with van der Waals surface area (Å²) >= 11 is 2.35. The van der Waals surface area contributed by atoms with E-state index in [1.165, 1.54) is 54.2 Å². The Morgan fingerprint density at radius 1 is 1.11 bits per heavy atom. The van der Waals surface area contributed by atoms with E-state index in [2.05, 4.69) is 34.8 Å². The Balaban J connectivity index is 2.26. The zero-order valence-electron chi connectivity index (χ0n) is 12.0. The van der Waals surface area contributed by atoms with Crippen molar-refractivity contribution in [3.63, 3.8) is 0 Å². The van der Waals surface area contributed by atoms with Crippen molar-refractivity contribution in [2.24, 2.45) is 0 Å². The molecule has 0 unspecified atom stereocenters. The largest absolute Gasteiger partial charge is 0.372 e. The summed E-state index contributed by atoms with van der Waals surface area (Å²) in [6, 6.07) is 0. The monoisotopic (exact) mass is 373 g/mol. The van der Waals surface area contributed by atoms with Crippen LogP contribution in [0.15, 0.2) is 0 Å². The number of anilines is 1. The molecule has 1 heterocycles. The van der Waals surface area contributed by atoms with Gasteiger partial charge in [-0.15, -0.1) is 0 Å². The number of hydrogen-bond donors (Lipinski definition) is 1. The lowest BCUT2D eigenvalue weighted by molar-refractivity contribution is 0.441. The smallest absolute Gasteiger partial charge is 0.143 e. The van der Waals surface area contributed by atoms with Gasteiger partial charge in [-0.25, -0.2) is 9.97 Å². The van der Waals surface area contributed by atoms with E-state index < -0.39 is 0 Å². The molecule has 1 N–H and O–H groups in total. The molecule has 0 saturated heterocycles. The molecule has 1 fully saturated rings. The summed E-state index contributed by atoms with van der Waals surface area (Å²) in [6.07, 6.45) is 10.3. The van der Waals surface area contributed by atoms with E-state index in [1.807, 2.05) is 7.05 Å². The molecule has 0 spiro atoms. The molecule has 1 saturated carbocycles. The number of nitrogens with zero attached hydrogens (tertiary/aromatic N) is 2. The molecular formula is C15H24IN3. The molecule has 0 radical (unpaired) electrons. The van der Waals surface area contributed by atoms with Crippen LogP contribution >= 0.6 is 22.6 Å². The molecule has 0 bridgehead atoms. The number of aromatic nitrogens is 2. The molecule has 106 valence electrons. The zero-order valence-corrected chi connectivity index (χ0v) is 14.2. The van der Waals surface area contributed by atoms with E-state index in [1.54, 1.807) is 0 Å². The van der Waals surface area contributed by atoms with E-state index in [0.717, 1.165) is 18.1 Å². The predicted octanol–water partition coefficient (Wildman–Crippen LogP) is 4.51. The zero-order chi connectivity index (χ0) is 13.7. The van der Waals surface area contributed by atoms with Crippen LogP contribution in [0.5, 0.6) is 0 Å². The van der Waals surface area contributed by atoms with Crippen LogP contribution in [0.3, 0.4) is 0 Å². The summed E-state index contributed by atoms with van der Waals surface area (Å²) in [4.78, 5) is 9.60. The van der Waals surface area contributed by atoms with Crippen LogP contribution in [-0.2, 0) is 6.42 Å². The van der Waals surface area contributed by atoms with Crippen LogP contribution in [0.2, 0.25) is 0 Å². The lowest BCUT2D eigenvalue weighted by Gasteiger charge is -2.20. The quantitative estimate of drug-likeness (QED) is 0.792. The van der Waals surface area contributed by atoms with Crippen LogP contribution in [0.1, 0.15) is 69.3 Å². The van der Waals surface area contributed by atoms with Crippen molar-refractivity contribution in [1.82, 2.24) is 9.97 Å². The fraction of sp³-hybridized carbons (Fsp3) is 0.733. The first-order chi connectivity index (χ1) is 9.26. The Morgan fingerprint density at radius 2 is 1.74 bits per heavy atom. The predicted molar refractivity (Wildman–Crippen MR) is 88.7 cm³/mol. The fourth-order valence-electron chi connectivity index (χ4n) is 2.81. The summed E-state index contributed by atoms with van der Waals surface area (Å²) in [6.45, 7) is 2.17. The third kappa shape index (κ3) is 3.80. The van der Waals surface area contributed by atoms with E-state index in [9.17, 15) is 0 Å². The lowest BCUT2D eigenvalue weighted by atomic mass is 9.90. The molecule has 1 aliphatic carbocycles. The second-order valence-corrected chi connectivity index (χ2v) is 6.42. The maximum atomic E-state index is 4.84. The van der Waals surface area contributed by atoms with Gasteiger partial charge in [-0.2, -0.15) is 0 Å². The van der Waals surface area contributed by atoms with E-state index in [4.69, 9.17) is 9.97 Å². The van der Waals surface area contributed by atoms with Crippen molar-refractivity contribution < 1.29 is 0 Å². The Kier molecular flexibility index (Phi) is 5.85. The van der Waals surface area contributed by atoms with E-state index in [0.29, 0.717) is 5.92 Å². The van der Waals surface area contributed by atoms with Crippen molar-refractivity contribution >= 4 is 28.4 Å². The van der Waals surface area contributed by atoms with Gasteiger partial charge in [0.1, 0.15) is 11.6 Å². The minimum absolute atomic E-state index is 0.565. The van der Waals surface area contributed by atoms with Gasteiger partial charge in [0.15, 0.2) is 0 Å². The average molecular weight is 373 g/mol. The molecule has 1 aromatic heterocycles. The number of aryl methyl sites for hydroxylation is 1. The summed E-state index contributed by atoms with van der Waals surface area (Å²) in [5.74, 6) is 2.64. The minimum atomic E-state index is 0.565.